The maximum Gasteiger partial charge on any atom is 0.307 e. The molecule has 0 saturated carbocycles. The van der Waals surface area contributed by atoms with Crippen LogP contribution in [0, 0.1) is 0 Å². The van der Waals surface area contributed by atoms with Gasteiger partial charge < -0.3 is 19.8 Å². The molecule has 3 aromatic rings. The number of carbonyl (C=O) groups excluding carboxylic acids is 1. The predicted molar refractivity (Wildman–Crippen MR) is 95.9 cm³/mol. The third kappa shape index (κ3) is 3.23. The summed E-state index contributed by atoms with van der Waals surface area (Å²) in [5.74, 6) is -0.200. The first-order valence-corrected chi connectivity index (χ1v) is 8.19. The van der Waals surface area contributed by atoms with Crippen LogP contribution in [0.2, 0.25) is 0 Å². The molecule has 1 amide bonds. The van der Waals surface area contributed by atoms with E-state index in [1.54, 1.807) is 14.1 Å². The summed E-state index contributed by atoms with van der Waals surface area (Å²) in [4.78, 5) is 20.6. The first-order valence-electron chi connectivity index (χ1n) is 8.19. The van der Waals surface area contributed by atoms with Gasteiger partial charge in [-0.15, -0.1) is 0 Å². The van der Waals surface area contributed by atoms with E-state index in [1.165, 1.54) is 4.90 Å². The number of carbonyl (C=O) groups is 1. The van der Waals surface area contributed by atoms with Gasteiger partial charge in [0, 0.05) is 43.0 Å². The first kappa shape index (κ1) is 17.0. The molecule has 2 heterocycles. The lowest BCUT2D eigenvalue weighted by Gasteiger charge is -2.12. The van der Waals surface area contributed by atoms with Gasteiger partial charge in [0.05, 0.1) is 0 Å². The van der Waals surface area contributed by atoms with Crippen LogP contribution >= 0.6 is 0 Å². The Morgan fingerprint density at radius 1 is 1.44 bits per heavy atom. The molecule has 0 unspecified atom stereocenters. The van der Waals surface area contributed by atoms with Crippen LogP contribution in [0.4, 0.5) is 6.01 Å². The number of rotatable bonds is 6. The van der Waals surface area contributed by atoms with E-state index in [9.17, 15) is 9.90 Å². The van der Waals surface area contributed by atoms with E-state index in [4.69, 9.17) is 4.42 Å². The number of aromatic nitrogens is 2. The lowest BCUT2D eigenvalue weighted by molar-refractivity contribution is -0.118. The molecule has 132 valence electrons. The highest BCUT2D eigenvalue weighted by Crippen LogP contribution is 2.36. The number of aromatic hydroxyl groups is 1. The van der Waals surface area contributed by atoms with Crippen LogP contribution < -0.4 is 10.2 Å². The molecule has 0 fully saturated rings. The molecular weight excluding hydrogens is 320 g/mol. The van der Waals surface area contributed by atoms with E-state index >= 15 is 0 Å². The average molecular weight is 342 g/mol. The molecule has 2 aromatic heterocycles. The first-order chi connectivity index (χ1) is 12.0. The molecule has 0 spiro atoms. The molecule has 7 nitrogen and oxygen atoms in total. The normalized spacial score (nSPS) is 12.4. The third-order valence-electron chi connectivity index (χ3n) is 4.35. The Balaban J connectivity index is 1.88. The number of para-hydroxylation sites is 1. The van der Waals surface area contributed by atoms with Crippen LogP contribution in [0.15, 0.2) is 34.9 Å². The number of amides is 1. The van der Waals surface area contributed by atoms with Crippen molar-refractivity contribution in [3.63, 3.8) is 0 Å². The van der Waals surface area contributed by atoms with Crippen LogP contribution in [0.5, 0.6) is 5.88 Å². The summed E-state index contributed by atoms with van der Waals surface area (Å²) in [7, 11) is 3.37. The summed E-state index contributed by atoms with van der Waals surface area (Å²) in [6, 6.07) is 8.03. The molecule has 3 N–H and O–H groups in total. The van der Waals surface area contributed by atoms with Crippen molar-refractivity contribution < 1.29 is 14.3 Å². The van der Waals surface area contributed by atoms with Gasteiger partial charge in [-0.3, -0.25) is 9.69 Å². The maximum absolute atomic E-state index is 12.1. The van der Waals surface area contributed by atoms with Gasteiger partial charge in [0.2, 0.25) is 5.91 Å². The number of aromatic amines is 1. The number of hydrogen-bond donors (Lipinski definition) is 3. The van der Waals surface area contributed by atoms with E-state index in [0.717, 1.165) is 16.5 Å². The van der Waals surface area contributed by atoms with E-state index in [-0.39, 0.29) is 23.7 Å². The second-order valence-corrected chi connectivity index (χ2v) is 6.00. The molecule has 0 radical (unpaired) electrons. The molecule has 0 saturated heterocycles. The Morgan fingerprint density at radius 2 is 2.20 bits per heavy atom. The SMILES string of the molecule is CNCCC(=O)N(C)c1nc(O)c([C@H](C)c2c[nH]c3ccccc23)o1. The number of anilines is 1. The van der Waals surface area contributed by atoms with Crippen molar-refractivity contribution in [2.75, 3.05) is 25.5 Å². The second-order valence-electron chi connectivity index (χ2n) is 6.00. The number of oxazole rings is 1. The van der Waals surface area contributed by atoms with Gasteiger partial charge in [0.25, 0.3) is 5.88 Å². The molecule has 3 rings (SSSR count). The fourth-order valence-electron chi connectivity index (χ4n) is 2.84. The van der Waals surface area contributed by atoms with Gasteiger partial charge in [-0.25, -0.2) is 0 Å². The number of hydrogen-bond acceptors (Lipinski definition) is 5. The van der Waals surface area contributed by atoms with Gasteiger partial charge in [-0.1, -0.05) is 25.1 Å². The molecule has 0 aliphatic rings. The number of benzene rings is 1. The molecule has 0 aliphatic heterocycles. The average Bonchev–Trinajstić information content (AvgIpc) is 3.22. The fourth-order valence-corrected chi connectivity index (χ4v) is 2.84. The highest BCUT2D eigenvalue weighted by Gasteiger charge is 2.25. The summed E-state index contributed by atoms with van der Waals surface area (Å²) < 4.78 is 5.72. The smallest absolute Gasteiger partial charge is 0.307 e. The number of H-pyrrole nitrogens is 1. The number of nitrogens with one attached hydrogen (secondary N) is 2. The Labute approximate surface area is 145 Å². The van der Waals surface area contributed by atoms with E-state index in [1.807, 2.05) is 37.4 Å². The Hall–Kier alpha value is -2.80. The van der Waals surface area contributed by atoms with Crippen LogP contribution in [0.1, 0.15) is 30.6 Å². The lowest BCUT2D eigenvalue weighted by Crippen LogP contribution is -2.29. The topological polar surface area (TPSA) is 94.4 Å². The van der Waals surface area contributed by atoms with E-state index < -0.39 is 0 Å². The van der Waals surface area contributed by atoms with Gasteiger partial charge in [0.15, 0.2) is 5.76 Å². The quantitative estimate of drug-likeness (QED) is 0.640. The van der Waals surface area contributed by atoms with Crippen molar-refractivity contribution in [3.8, 4) is 5.88 Å². The summed E-state index contributed by atoms with van der Waals surface area (Å²) in [6.45, 7) is 2.50. The van der Waals surface area contributed by atoms with Crippen LogP contribution in [0.3, 0.4) is 0 Å². The Kier molecular flexibility index (Phi) is 4.76. The fraction of sp³-hybridized carbons (Fsp3) is 0.333. The summed E-state index contributed by atoms with van der Waals surface area (Å²) in [6.07, 6.45) is 2.22. The van der Waals surface area contributed by atoms with Crippen molar-refractivity contribution in [1.82, 2.24) is 15.3 Å². The summed E-state index contributed by atoms with van der Waals surface area (Å²) in [5, 5.41) is 14.2. The van der Waals surface area contributed by atoms with Crippen molar-refractivity contribution in [1.29, 1.82) is 0 Å². The third-order valence-corrected chi connectivity index (χ3v) is 4.35. The van der Waals surface area contributed by atoms with Crippen molar-refractivity contribution in [2.45, 2.75) is 19.3 Å². The molecule has 0 aliphatic carbocycles. The van der Waals surface area contributed by atoms with Crippen LogP contribution in [-0.4, -0.2) is 41.6 Å². The molecule has 7 heteroatoms. The van der Waals surface area contributed by atoms with Gasteiger partial charge in [0.1, 0.15) is 0 Å². The Bertz CT molecular complexity index is 883. The van der Waals surface area contributed by atoms with Crippen molar-refractivity contribution in [2.24, 2.45) is 0 Å². The predicted octanol–water partition coefficient (Wildman–Crippen LogP) is 2.59. The largest absolute Gasteiger partial charge is 0.491 e. The van der Waals surface area contributed by atoms with Crippen molar-refractivity contribution >= 4 is 22.8 Å². The Morgan fingerprint density at radius 3 is 2.96 bits per heavy atom. The summed E-state index contributed by atoms with van der Waals surface area (Å²) >= 11 is 0. The highest BCUT2D eigenvalue weighted by molar-refractivity contribution is 5.91. The lowest BCUT2D eigenvalue weighted by atomic mass is 9.98. The number of nitrogens with zero attached hydrogens (tertiary/aromatic N) is 2. The number of fused-ring (bicyclic) bond motifs is 1. The van der Waals surface area contributed by atoms with Gasteiger partial charge in [-0.2, -0.15) is 4.98 Å². The molecule has 1 atom stereocenters. The monoisotopic (exact) mass is 342 g/mol. The minimum absolute atomic E-state index is 0.0975. The zero-order chi connectivity index (χ0) is 18.0. The standard InChI is InChI=1S/C18H22N4O3/c1-11(13-10-20-14-7-5-4-6-12(13)14)16-17(24)21-18(25-16)22(3)15(23)8-9-19-2/h4-7,10-11,19-20,24H,8-9H2,1-3H3/t11-/m1/s1. The molecule has 1 aromatic carbocycles. The van der Waals surface area contributed by atoms with Gasteiger partial charge >= 0.3 is 6.01 Å². The second kappa shape index (κ2) is 6.98. The molecule has 0 bridgehead atoms. The summed E-state index contributed by atoms with van der Waals surface area (Å²) in [5.41, 5.74) is 2.01. The van der Waals surface area contributed by atoms with Crippen LogP contribution in [-0.2, 0) is 4.79 Å². The van der Waals surface area contributed by atoms with Crippen LogP contribution in [0.25, 0.3) is 10.9 Å². The highest BCUT2D eigenvalue weighted by atomic mass is 16.4. The minimum Gasteiger partial charge on any atom is -0.491 e. The van der Waals surface area contributed by atoms with E-state index in [2.05, 4.69) is 15.3 Å². The van der Waals surface area contributed by atoms with Gasteiger partial charge in [-0.05, 0) is 18.7 Å². The van der Waals surface area contributed by atoms with E-state index in [0.29, 0.717) is 18.7 Å². The maximum atomic E-state index is 12.1. The molecule has 25 heavy (non-hydrogen) atoms. The zero-order valence-electron chi connectivity index (χ0n) is 14.5. The minimum atomic E-state index is -0.210. The van der Waals surface area contributed by atoms with Crippen molar-refractivity contribution in [3.05, 3.63) is 41.8 Å². The zero-order valence-corrected chi connectivity index (χ0v) is 14.5. The molecular formula is C18H22N4O3.